The molecule has 18 heavy (non-hydrogen) atoms. The summed E-state index contributed by atoms with van der Waals surface area (Å²) in [4.78, 5) is 13.7. The number of nitrogens with zero attached hydrogens (tertiary/aromatic N) is 1. The minimum atomic E-state index is -0.625. The quantitative estimate of drug-likeness (QED) is 0.841. The van der Waals surface area contributed by atoms with Crippen molar-refractivity contribution in [3.63, 3.8) is 0 Å². The van der Waals surface area contributed by atoms with Crippen LogP contribution in [0, 0.1) is 17.3 Å². The van der Waals surface area contributed by atoms with Gasteiger partial charge in [-0.25, -0.2) is 0 Å². The van der Waals surface area contributed by atoms with Crippen LogP contribution in [0.5, 0.6) is 0 Å². The highest BCUT2D eigenvalue weighted by molar-refractivity contribution is 5.71. The van der Waals surface area contributed by atoms with Crippen molar-refractivity contribution in [3.8, 4) is 0 Å². The van der Waals surface area contributed by atoms with E-state index in [1.165, 1.54) is 0 Å². The van der Waals surface area contributed by atoms with Crippen LogP contribution in [-0.4, -0.2) is 35.1 Å². The molecule has 0 saturated heterocycles. The number of hydrogen-bond acceptors (Lipinski definition) is 2. The Kier molecular flexibility index (Phi) is 4.82. The van der Waals surface area contributed by atoms with Crippen molar-refractivity contribution in [1.82, 2.24) is 4.90 Å². The molecule has 0 aromatic carbocycles. The van der Waals surface area contributed by atoms with Gasteiger partial charge in [-0.2, -0.15) is 0 Å². The van der Waals surface area contributed by atoms with E-state index in [9.17, 15) is 9.90 Å². The van der Waals surface area contributed by atoms with Gasteiger partial charge in [-0.05, 0) is 51.5 Å². The van der Waals surface area contributed by atoms with Crippen molar-refractivity contribution in [2.45, 2.75) is 66.0 Å². The van der Waals surface area contributed by atoms with Crippen molar-refractivity contribution in [3.05, 3.63) is 0 Å². The summed E-state index contributed by atoms with van der Waals surface area (Å²) >= 11 is 0. The van der Waals surface area contributed by atoms with Crippen LogP contribution in [0.1, 0.15) is 53.9 Å². The van der Waals surface area contributed by atoms with Crippen LogP contribution >= 0.6 is 0 Å². The number of carbonyl (C=O) groups is 1. The first-order valence-electron chi connectivity index (χ1n) is 7.09. The first-order valence-corrected chi connectivity index (χ1v) is 7.09. The third-order valence-electron chi connectivity index (χ3n) is 4.70. The van der Waals surface area contributed by atoms with Gasteiger partial charge in [0, 0.05) is 12.1 Å². The molecule has 3 unspecified atom stereocenters. The van der Waals surface area contributed by atoms with Gasteiger partial charge in [-0.15, -0.1) is 0 Å². The van der Waals surface area contributed by atoms with Crippen molar-refractivity contribution >= 4 is 5.97 Å². The smallest absolute Gasteiger partial charge is 0.308 e. The fraction of sp³-hybridized carbons (Fsp3) is 0.933. The number of rotatable bonds is 3. The molecule has 0 aliphatic heterocycles. The summed E-state index contributed by atoms with van der Waals surface area (Å²) in [5.41, 5.74) is 0.277. The van der Waals surface area contributed by atoms with Crippen LogP contribution < -0.4 is 0 Å². The van der Waals surface area contributed by atoms with Crippen molar-refractivity contribution in [1.29, 1.82) is 0 Å². The van der Waals surface area contributed by atoms with E-state index in [0.29, 0.717) is 12.0 Å². The van der Waals surface area contributed by atoms with Gasteiger partial charge in [0.1, 0.15) is 0 Å². The maximum absolute atomic E-state index is 11.4. The third-order valence-corrected chi connectivity index (χ3v) is 4.70. The lowest BCUT2D eigenvalue weighted by molar-refractivity contribution is -0.147. The molecular weight excluding hydrogens is 226 g/mol. The highest BCUT2D eigenvalue weighted by Crippen LogP contribution is 2.41. The van der Waals surface area contributed by atoms with Crippen LogP contribution in [0.15, 0.2) is 0 Å². The van der Waals surface area contributed by atoms with Crippen LogP contribution in [0.3, 0.4) is 0 Å². The monoisotopic (exact) mass is 255 g/mol. The second-order valence-electron chi connectivity index (χ2n) is 7.15. The summed E-state index contributed by atoms with van der Waals surface area (Å²) in [6.07, 6.45) is 2.87. The van der Waals surface area contributed by atoms with Crippen LogP contribution in [0.2, 0.25) is 0 Å². The zero-order valence-electron chi connectivity index (χ0n) is 12.7. The highest BCUT2D eigenvalue weighted by Gasteiger charge is 2.41. The zero-order chi connectivity index (χ0) is 14.1. The summed E-state index contributed by atoms with van der Waals surface area (Å²) in [7, 11) is 2.07. The van der Waals surface area contributed by atoms with Gasteiger partial charge in [0.15, 0.2) is 0 Å². The minimum absolute atomic E-state index is 0.181. The molecular formula is C15H29NO2. The van der Waals surface area contributed by atoms with E-state index in [2.05, 4.69) is 46.6 Å². The molecule has 0 spiro atoms. The second kappa shape index (κ2) is 5.60. The zero-order valence-corrected chi connectivity index (χ0v) is 12.7. The molecule has 1 saturated carbocycles. The van der Waals surface area contributed by atoms with Gasteiger partial charge >= 0.3 is 5.97 Å². The van der Waals surface area contributed by atoms with E-state index in [4.69, 9.17) is 0 Å². The predicted octanol–water partition coefficient (Wildman–Crippen LogP) is 3.24. The highest BCUT2D eigenvalue weighted by atomic mass is 16.4. The Bertz CT molecular complexity index is 293. The first-order chi connectivity index (χ1) is 8.14. The van der Waals surface area contributed by atoms with Crippen molar-refractivity contribution in [2.24, 2.45) is 17.3 Å². The van der Waals surface area contributed by atoms with Gasteiger partial charge in [-0.3, -0.25) is 4.79 Å². The minimum Gasteiger partial charge on any atom is -0.481 e. The van der Waals surface area contributed by atoms with E-state index in [1.54, 1.807) is 0 Å². The summed E-state index contributed by atoms with van der Waals surface area (Å²) in [6, 6.07) is 0.580. The Hall–Kier alpha value is -0.570. The van der Waals surface area contributed by atoms with Crippen molar-refractivity contribution in [2.75, 3.05) is 7.05 Å². The summed E-state index contributed by atoms with van der Waals surface area (Å²) < 4.78 is 0. The molecule has 3 nitrogen and oxygen atoms in total. The average molecular weight is 255 g/mol. The average Bonchev–Trinajstić information content (AvgIpc) is 2.25. The molecule has 106 valence electrons. The third kappa shape index (κ3) is 3.47. The Morgan fingerprint density at radius 1 is 1.28 bits per heavy atom. The van der Waals surface area contributed by atoms with Crippen molar-refractivity contribution < 1.29 is 9.90 Å². The molecule has 0 bridgehead atoms. The fourth-order valence-electron chi connectivity index (χ4n) is 3.05. The number of aliphatic carboxylic acids is 1. The molecule has 0 amide bonds. The maximum atomic E-state index is 11.4. The molecule has 1 rings (SSSR count). The summed E-state index contributed by atoms with van der Waals surface area (Å²) in [5, 5.41) is 9.40. The summed E-state index contributed by atoms with van der Waals surface area (Å²) in [6.45, 7) is 11.1. The Labute approximate surface area is 112 Å². The van der Waals surface area contributed by atoms with Crippen LogP contribution in [0.4, 0.5) is 0 Å². The lowest BCUT2D eigenvalue weighted by Gasteiger charge is -2.45. The molecule has 1 fully saturated rings. The van der Waals surface area contributed by atoms with E-state index < -0.39 is 5.97 Å². The molecule has 1 aliphatic carbocycles. The normalized spacial score (nSPS) is 29.9. The van der Waals surface area contributed by atoms with Crippen LogP contribution in [0.25, 0.3) is 0 Å². The van der Waals surface area contributed by atoms with E-state index in [-0.39, 0.29) is 17.4 Å². The molecule has 1 aliphatic rings. The predicted molar refractivity (Wildman–Crippen MR) is 74.6 cm³/mol. The molecule has 3 heteroatoms. The fourth-order valence-corrected chi connectivity index (χ4v) is 3.05. The lowest BCUT2D eigenvalue weighted by atomic mass is 9.67. The van der Waals surface area contributed by atoms with E-state index in [0.717, 1.165) is 19.3 Å². The molecule has 0 heterocycles. The molecule has 0 aromatic rings. The van der Waals surface area contributed by atoms with E-state index in [1.807, 2.05) is 0 Å². The largest absolute Gasteiger partial charge is 0.481 e. The SMILES string of the molecule is CC(C)N(C)C1CC(C(C)(C)C)CCC1C(=O)O. The van der Waals surface area contributed by atoms with E-state index >= 15 is 0 Å². The number of carboxylic acids is 1. The Morgan fingerprint density at radius 3 is 2.22 bits per heavy atom. The molecule has 0 aromatic heterocycles. The maximum Gasteiger partial charge on any atom is 0.308 e. The topological polar surface area (TPSA) is 40.5 Å². The second-order valence-corrected chi connectivity index (χ2v) is 7.15. The Morgan fingerprint density at radius 2 is 1.83 bits per heavy atom. The van der Waals surface area contributed by atoms with Gasteiger partial charge in [-0.1, -0.05) is 20.8 Å². The van der Waals surface area contributed by atoms with Gasteiger partial charge in [0.25, 0.3) is 0 Å². The Balaban J connectivity index is 2.86. The first kappa shape index (κ1) is 15.5. The van der Waals surface area contributed by atoms with Gasteiger partial charge in [0.05, 0.1) is 5.92 Å². The van der Waals surface area contributed by atoms with Gasteiger partial charge < -0.3 is 10.0 Å². The standard InChI is InChI=1S/C15H29NO2/c1-10(2)16(6)13-9-11(15(3,4)5)7-8-12(13)14(17)18/h10-13H,7-9H2,1-6H3,(H,17,18). The molecule has 1 N–H and O–H groups in total. The summed E-state index contributed by atoms with van der Waals surface area (Å²) in [5.74, 6) is -0.199. The lowest BCUT2D eigenvalue weighted by Crippen LogP contribution is -2.49. The van der Waals surface area contributed by atoms with Crippen LogP contribution in [-0.2, 0) is 4.79 Å². The molecule has 0 radical (unpaired) electrons. The van der Waals surface area contributed by atoms with Gasteiger partial charge in [0.2, 0.25) is 0 Å². The number of carboxylic acid groups (broad SMARTS) is 1. The molecule has 3 atom stereocenters. The number of hydrogen-bond donors (Lipinski definition) is 1.